The third kappa shape index (κ3) is 2.50. The third-order valence-electron chi connectivity index (χ3n) is 4.87. The highest BCUT2D eigenvalue weighted by atomic mass is 35.5. The molecule has 0 unspecified atom stereocenters. The number of hydrogen-bond donors (Lipinski definition) is 1. The minimum atomic E-state index is 0.181. The van der Waals surface area contributed by atoms with Crippen LogP contribution in [-0.4, -0.2) is 7.11 Å². The van der Waals surface area contributed by atoms with E-state index in [1.54, 1.807) is 7.11 Å². The van der Waals surface area contributed by atoms with Gasteiger partial charge in [0.1, 0.15) is 5.75 Å². The second kappa shape index (κ2) is 5.77. The van der Waals surface area contributed by atoms with E-state index >= 15 is 0 Å². The highest BCUT2D eigenvalue weighted by Crippen LogP contribution is 2.51. The first-order valence-electron chi connectivity index (χ1n) is 7.73. The van der Waals surface area contributed by atoms with E-state index in [4.69, 9.17) is 27.9 Å². The molecular weight excluding hydrogens is 329 g/mol. The van der Waals surface area contributed by atoms with Gasteiger partial charge in [0.25, 0.3) is 0 Å². The Hall–Kier alpha value is -1.64. The first kappa shape index (κ1) is 14.9. The monoisotopic (exact) mass is 345 g/mol. The van der Waals surface area contributed by atoms with E-state index < -0.39 is 0 Å². The molecule has 0 amide bonds. The molecule has 0 saturated carbocycles. The molecule has 1 heterocycles. The highest BCUT2D eigenvalue weighted by molar-refractivity contribution is 6.35. The summed E-state index contributed by atoms with van der Waals surface area (Å²) in [6.45, 7) is 0. The molecule has 0 bridgehead atoms. The van der Waals surface area contributed by atoms with E-state index in [9.17, 15) is 0 Å². The average Bonchev–Trinajstić information content (AvgIpc) is 3.04. The van der Waals surface area contributed by atoms with Crippen LogP contribution in [0.1, 0.15) is 29.5 Å². The maximum atomic E-state index is 6.46. The van der Waals surface area contributed by atoms with Crippen LogP contribution in [0.2, 0.25) is 10.0 Å². The Morgan fingerprint density at radius 3 is 2.74 bits per heavy atom. The van der Waals surface area contributed by atoms with Crippen molar-refractivity contribution in [1.82, 2.24) is 0 Å². The SMILES string of the molecule is COc1ccc2c(c1)[C@@H]1C=CC[C@H]1[C@H](c1ccc(Cl)cc1Cl)N2. The van der Waals surface area contributed by atoms with E-state index in [0.29, 0.717) is 16.9 Å². The lowest BCUT2D eigenvalue weighted by molar-refractivity contribution is 0.405. The highest BCUT2D eigenvalue weighted by Gasteiger charge is 2.38. The van der Waals surface area contributed by atoms with Gasteiger partial charge in [0.2, 0.25) is 0 Å². The maximum Gasteiger partial charge on any atom is 0.119 e. The lowest BCUT2D eigenvalue weighted by Crippen LogP contribution is -2.29. The summed E-state index contributed by atoms with van der Waals surface area (Å²) in [5.41, 5.74) is 3.55. The molecule has 4 rings (SSSR count). The van der Waals surface area contributed by atoms with Crippen molar-refractivity contribution in [3.8, 4) is 5.75 Å². The standard InChI is InChI=1S/C19H17Cl2NO/c1-23-12-6-8-18-16(10-12)13-3-2-4-14(13)19(22-18)15-7-5-11(20)9-17(15)21/h2-3,5-10,13-14,19,22H,4H2,1H3/t13-,14-,19-/m1/s1. The molecule has 2 aliphatic rings. The van der Waals surface area contributed by atoms with Gasteiger partial charge in [0.15, 0.2) is 0 Å². The number of rotatable bonds is 2. The van der Waals surface area contributed by atoms with Crippen LogP contribution in [0.25, 0.3) is 0 Å². The van der Waals surface area contributed by atoms with Crippen molar-refractivity contribution in [2.45, 2.75) is 18.4 Å². The van der Waals surface area contributed by atoms with Crippen LogP contribution in [0.3, 0.4) is 0 Å². The van der Waals surface area contributed by atoms with Crippen LogP contribution in [0.15, 0.2) is 48.6 Å². The Bertz CT molecular complexity index is 787. The lowest BCUT2D eigenvalue weighted by Gasteiger charge is -2.38. The molecule has 2 nitrogen and oxygen atoms in total. The van der Waals surface area contributed by atoms with E-state index in [1.165, 1.54) is 5.56 Å². The molecule has 2 aromatic carbocycles. The number of methoxy groups -OCH3 is 1. The molecule has 118 valence electrons. The van der Waals surface area contributed by atoms with Crippen LogP contribution in [-0.2, 0) is 0 Å². The molecule has 23 heavy (non-hydrogen) atoms. The Kier molecular flexibility index (Phi) is 3.74. The molecule has 0 saturated heterocycles. The van der Waals surface area contributed by atoms with Gasteiger partial charge >= 0.3 is 0 Å². The Morgan fingerprint density at radius 2 is 1.96 bits per heavy atom. The fraction of sp³-hybridized carbons (Fsp3) is 0.263. The van der Waals surface area contributed by atoms with Crippen LogP contribution in [0.5, 0.6) is 5.75 Å². The molecule has 0 fully saturated rings. The van der Waals surface area contributed by atoms with E-state index in [1.807, 2.05) is 24.3 Å². The molecule has 1 N–H and O–H groups in total. The number of halogens is 2. The number of anilines is 1. The molecule has 1 aliphatic carbocycles. The largest absolute Gasteiger partial charge is 0.497 e. The summed E-state index contributed by atoms with van der Waals surface area (Å²) >= 11 is 12.5. The molecule has 0 aromatic heterocycles. The van der Waals surface area contributed by atoms with E-state index in [0.717, 1.165) is 28.4 Å². The number of fused-ring (bicyclic) bond motifs is 3. The van der Waals surface area contributed by atoms with Crippen molar-refractivity contribution in [1.29, 1.82) is 0 Å². The first-order chi connectivity index (χ1) is 11.2. The molecule has 1 aliphatic heterocycles. The van der Waals surface area contributed by atoms with Crippen LogP contribution < -0.4 is 10.1 Å². The normalized spacial score (nSPS) is 24.7. The average molecular weight is 346 g/mol. The van der Waals surface area contributed by atoms with E-state index in [2.05, 4.69) is 29.6 Å². The van der Waals surface area contributed by atoms with Gasteiger partial charge < -0.3 is 10.1 Å². The summed E-state index contributed by atoms with van der Waals surface area (Å²) in [6.07, 6.45) is 5.61. The molecule has 3 atom stereocenters. The summed E-state index contributed by atoms with van der Waals surface area (Å²) in [6, 6.07) is 12.2. The fourth-order valence-corrected chi connectivity index (χ4v) is 4.29. The Morgan fingerprint density at radius 1 is 1.09 bits per heavy atom. The molecule has 0 spiro atoms. The molecule has 4 heteroatoms. The number of nitrogens with one attached hydrogen (secondary N) is 1. The molecular formula is C19H17Cl2NO. The quantitative estimate of drug-likeness (QED) is 0.691. The van der Waals surface area contributed by atoms with Gasteiger partial charge in [-0.3, -0.25) is 0 Å². The summed E-state index contributed by atoms with van der Waals surface area (Å²) in [7, 11) is 1.70. The van der Waals surface area contributed by atoms with Gasteiger partial charge in [-0.25, -0.2) is 0 Å². The van der Waals surface area contributed by atoms with Crippen molar-refractivity contribution in [3.05, 3.63) is 69.7 Å². The zero-order valence-corrected chi connectivity index (χ0v) is 14.2. The molecule has 2 aromatic rings. The first-order valence-corrected chi connectivity index (χ1v) is 8.49. The number of hydrogen-bond acceptors (Lipinski definition) is 2. The minimum absolute atomic E-state index is 0.181. The predicted molar refractivity (Wildman–Crippen MR) is 95.8 cm³/mol. The fourth-order valence-electron chi connectivity index (χ4n) is 3.76. The van der Waals surface area contributed by atoms with Crippen molar-refractivity contribution in [2.24, 2.45) is 5.92 Å². The maximum absolute atomic E-state index is 6.46. The van der Waals surface area contributed by atoms with Gasteiger partial charge in [-0.05, 0) is 53.8 Å². The zero-order valence-electron chi connectivity index (χ0n) is 12.7. The van der Waals surface area contributed by atoms with Crippen LogP contribution >= 0.6 is 23.2 Å². The zero-order chi connectivity index (χ0) is 16.0. The minimum Gasteiger partial charge on any atom is -0.497 e. The smallest absolute Gasteiger partial charge is 0.119 e. The van der Waals surface area contributed by atoms with Gasteiger partial charge in [-0.1, -0.05) is 41.4 Å². The van der Waals surface area contributed by atoms with Gasteiger partial charge in [-0.2, -0.15) is 0 Å². The predicted octanol–water partition coefficient (Wildman–Crippen LogP) is 5.83. The van der Waals surface area contributed by atoms with Gasteiger partial charge in [-0.15, -0.1) is 0 Å². The van der Waals surface area contributed by atoms with Crippen molar-refractivity contribution in [3.63, 3.8) is 0 Å². The second-order valence-electron chi connectivity index (χ2n) is 6.09. The third-order valence-corrected chi connectivity index (χ3v) is 5.43. The topological polar surface area (TPSA) is 21.3 Å². The van der Waals surface area contributed by atoms with Crippen LogP contribution in [0.4, 0.5) is 5.69 Å². The number of allylic oxidation sites excluding steroid dienone is 2. The molecule has 0 radical (unpaired) electrons. The summed E-state index contributed by atoms with van der Waals surface area (Å²) in [4.78, 5) is 0. The second-order valence-corrected chi connectivity index (χ2v) is 6.94. The Labute approximate surface area is 146 Å². The lowest BCUT2D eigenvalue weighted by atomic mass is 9.77. The van der Waals surface area contributed by atoms with Gasteiger partial charge in [0, 0.05) is 21.7 Å². The van der Waals surface area contributed by atoms with E-state index in [-0.39, 0.29) is 6.04 Å². The number of benzene rings is 2. The summed E-state index contributed by atoms with van der Waals surface area (Å²) < 4.78 is 5.38. The number of ether oxygens (including phenoxy) is 1. The van der Waals surface area contributed by atoms with Crippen molar-refractivity contribution < 1.29 is 4.74 Å². The summed E-state index contributed by atoms with van der Waals surface area (Å²) in [5, 5.41) is 5.06. The summed E-state index contributed by atoms with van der Waals surface area (Å²) in [5.74, 6) is 1.74. The van der Waals surface area contributed by atoms with Crippen molar-refractivity contribution >= 4 is 28.9 Å². The van der Waals surface area contributed by atoms with Gasteiger partial charge in [0.05, 0.1) is 13.2 Å². The van der Waals surface area contributed by atoms with Crippen LogP contribution in [0, 0.1) is 5.92 Å². The van der Waals surface area contributed by atoms with Crippen molar-refractivity contribution in [2.75, 3.05) is 12.4 Å². The Balaban J connectivity index is 1.79.